The van der Waals surface area contributed by atoms with Crippen LogP contribution in [0.3, 0.4) is 0 Å². The summed E-state index contributed by atoms with van der Waals surface area (Å²) in [6, 6.07) is 18.2. The summed E-state index contributed by atoms with van der Waals surface area (Å²) in [6.45, 7) is 16.0. The van der Waals surface area contributed by atoms with Gasteiger partial charge in [-0.15, -0.1) is 0 Å². The van der Waals surface area contributed by atoms with Gasteiger partial charge in [-0.3, -0.25) is 0 Å². The smallest absolute Gasteiger partial charge is 0.420 e. The first-order valence-corrected chi connectivity index (χ1v) is 14.9. The maximum atomic E-state index is 13.4. The van der Waals surface area contributed by atoms with Crippen LogP contribution in [0.2, 0.25) is 5.04 Å². The normalized spacial score (nSPS) is 13.3. The summed E-state index contributed by atoms with van der Waals surface area (Å²) >= 11 is 0. The Balaban J connectivity index is 2.68. The van der Waals surface area contributed by atoms with E-state index in [1.165, 1.54) is 7.11 Å². The number of carbonyl (C=O) groups is 3. The molecule has 39 heavy (non-hydrogen) atoms. The lowest BCUT2D eigenvalue weighted by Crippen LogP contribution is -2.68. The molecule has 2 aromatic carbocycles. The summed E-state index contributed by atoms with van der Waals surface area (Å²) in [7, 11) is -1.92. The van der Waals surface area contributed by atoms with E-state index < -0.39 is 48.8 Å². The van der Waals surface area contributed by atoms with Crippen LogP contribution >= 0.6 is 0 Å². The molecule has 2 amide bonds. The van der Waals surface area contributed by atoms with E-state index in [1.54, 1.807) is 41.5 Å². The molecule has 0 spiro atoms. The van der Waals surface area contributed by atoms with E-state index in [-0.39, 0.29) is 6.61 Å². The van der Waals surface area contributed by atoms with Gasteiger partial charge in [-0.05, 0) is 57.0 Å². The number of amides is 2. The summed E-state index contributed by atoms with van der Waals surface area (Å²) < 4.78 is 23.0. The number of methoxy groups -OCH3 is 1. The van der Waals surface area contributed by atoms with Crippen LogP contribution in [0.4, 0.5) is 9.59 Å². The zero-order valence-corrected chi connectivity index (χ0v) is 25.9. The summed E-state index contributed by atoms with van der Waals surface area (Å²) in [4.78, 5) is 40.6. The zero-order valence-electron chi connectivity index (χ0n) is 24.9. The lowest BCUT2D eigenvalue weighted by Gasteiger charge is -2.44. The molecule has 0 fully saturated rings. The number of nitrogens with zero attached hydrogens (tertiary/aromatic N) is 1. The highest BCUT2D eigenvalue weighted by Gasteiger charge is 2.52. The highest BCUT2D eigenvalue weighted by molar-refractivity contribution is 6.99. The highest BCUT2D eigenvalue weighted by atomic mass is 28.4. The van der Waals surface area contributed by atoms with Gasteiger partial charge in [-0.2, -0.15) is 4.90 Å². The van der Waals surface area contributed by atoms with Crippen molar-refractivity contribution in [2.24, 2.45) is 0 Å². The molecular weight excluding hydrogens is 514 g/mol. The lowest BCUT2D eigenvalue weighted by molar-refractivity contribution is -0.147. The fourth-order valence-corrected chi connectivity index (χ4v) is 8.86. The van der Waals surface area contributed by atoms with E-state index in [0.717, 1.165) is 10.4 Å². The molecule has 0 bridgehead atoms. The van der Waals surface area contributed by atoms with Crippen LogP contribution in [0.15, 0.2) is 60.7 Å². The van der Waals surface area contributed by atoms with Crippen molar-refractivity contribution < 1.29 is 33.0 Å². The van der Waals surface area contributed by atoms with Crippen LogP contribution < -0.4 is 10.4 Å². The topological polar surface area (TPSA) is 91.4 Å². The van der Waals surface area contributed by atoms with Crippen molar-refractivity contribution >= 4 is 36.8 Å². The average molecular weight is 558 g/mol. The Morgan fingerprint density at radius 1 is 0.718 bits per heavy atom. The number of carbonyl (C=O) groups excluding carboxylic acids is 3. The third-order valence-electron chi connectivity index (χ3n) is 5.84. The molecule has 0 aliphatic carbocycles. The van der Waals surface area contributed by atoms with Gasteiger partial charge in [0.1, 0.15) is 11.2 Å². The van der Waals surface area contributed by atoms with Crippen molar-refractivity contribution in [2.75, 3.05) is 13.7 Å². The van der Waals surface area contributed by atoms with E-state index in [1.807, 2.05) is 60.7 Å². The van der Waals surface area contributed by atoms with Crippen molar-refractivity contribution in [3.05, 3.63) is 60.7 Å². The first kappa shape index (κ1) is 32.0. The number of ether oxygens (including phenoxy) is 3. The Morgan fingerprint density at radius 2 is 1.10 bits per heavy atom. The predicted molar refractivity (Wildman–Crippen MR) is 154 cm³/mol. The molecule has 0 saturated carbocycles. The summed E-state index contributed by atoms with van der Waals surface area (Å²) in [5.41, 5.74) is -1.87. The fraction of sp³-hybridized carbons (Fsp3) is 0.500. The molecule has 2 aromatic rings. The number of hydrogen-bond acceptors (Lipinski definition) is 7. The number of esters is 1. The molecule has 0 N–H and O–H groups in total. The monoisotopic (exact) mass is 557 g/mol. The molecular formula is C30H43NO7Si. The molecule has 0 radical (unpaired) electrons. The van der Waals surface area contributed by atoms with Crippen LogP contribution in [0.1, 0.15) is 62.3 Å². The Morgan fingerprint density at radius 3 is 1.41 bits per heavy atom. The van der Waals surface area contributed by atoms with Gasteiger partial charge in [0.2, 0.25) is 0 Å². The first-order chi connectivity index (χ1) is 17.9. The van der Waals surface area contributed by atoms with Gasteiger partial charge in [0.15, 0.2) is 6.04 Å². The minimum Gasteiger partial charge on any atom is -0.467 e. The van der Waals surface area contributed by atoms with Gasteiger partial charge in [0.05, 0.1) is 13.7 Å². The van der Waals surface area contributed by atoms with E-state index in [2.05, 4.69) is 20.8 Å². The highest BCUT2D eigenvalue weighted by Crippen LogP contribution is 2.37. The molecule has 0 aromatic heterocycles. The molecule has 1 atom stereocenters. The summed E-state index contributed by atoms with van der Waals surface area (Å²) in [5, 5.41) is 1.56. The maximum absolute atomic E-state index is 13.4. The van der Waals surface area contributed by atoms with Gasteiger partial charge in [0.25, 0.3) is 8.32 Å². The van der Waals surface area contributed by atoms with Gasteiger partial charge in [0, 0.05) is 0 Å². The molecule has 214 valence electrons. The maximum Gasteiger partial charge on any atom is 0.420 e. The molecule has 8 nitrogen and oxygen atoms in total. The molecule has 0 unspecified atom stereocenters. The quantitative estimate of drug-likeness (QED) is 0.260. The number of rotatable bonds is 7. The summed E-state index contributed by atoms with van der Waals surface area (Å²) in [5.74, 6) is -0.829. The van der Waals surface area contributed by atoms with Crippen LogP contribution in [-0.2, 0) is 23.4 Å². The van der Waals surface area contributed by atoms with Crippen molar-refractivity contribution in [3.8, 4) is 0 Å². The number of hydrogen-bond donors (Lipinski definition) is 0. The minimum atomic E-state index is -3.12. The minimum absolute atomic E-state index is 0.321. The third-order valence-corrected chi connectivity index (χ3v) is 10.8. The third kappa shape index (κ3) is 8.16. The van der Waals surface area contributed by atoms with Crippen LogP contribution in [-0.4, -0.2) is 62.3 Å². The standard InChI is InChI=1S/C30H43NO7Si/c1-28(2,3)37-26(33)31(27(34)38-29(4,5)6)24(25(32)35-10)21-36-39(30(7,8)9,22-17-13-11-14-18-22)23-19-15-12-16-20-23/h11-20,24H,21H2,1-10H3/t24-/m0/s1. The first-order valence-electron chi connectivity index (χ1n) is 13.0. The van der Waals surface area contributed by atoms with E-state index in [4.69, 9.17) is 18.6 Å². The van der Waals surface area contributed by atoms with Crippen LogP contribution in [0, 0.1) is 0 Å². The second-order valence-electron chi connectivity index (χ2n) is 12.3. The lowest BCUT2D eigenvalue weighted by atomic mass is 10.2. The Kier molecular flexibility index (Phi) is 10.1. The van der Waals surface area contributed by atoms with Gasteiger partial charge in [-0.1, -0.05) is 81.4 Å². The number of imide groups is 1. The second kappa shape index (κ2) is 12.3. The largest absolute Gasteiger partial charge is 0.467 e. The van der Waals surface area contributed by atoms with E-state index in [9.17, 15) is 14.4 Å². The fourth-order valence-electron chi connectivity index (χ4n) is 4.30. The molecule has 2 rings (SSSR count). The summed E-state index contributed by atoms with van der Waals surface area (Å²) in [6.07, 6.45) is -2.06. The SMILES string of the molecule is COC(=O)[C@H](CO[Si](c1ccccc1)(c1ccccc1)C(C)(C)C)N(C(=O)OC(C)(C)C)C(=O)OC(C)(C)C. The van der Waals surface area contributed by atoms with E-state index in [0.29, 0.717) is 4.90 Å². The van der Waals surface area contributed by atoms with Gasteiger partial charge >= 0.3 is 18.2 Å². The second-order valence-corrected chi connectivity index (χ2v) is 16.6. The Hall–Kier alpha value is -3.17. The average Bonchev–Trinajstić information content (AvgIpc) is 2.81. The van der Waals surface area contributed by atoms with Crippen LogP contribution in [0.5, 0.6) is 0 Å². The number of benzene rings is 2. The molecule has 0 aliphatic heterocycles. The van der Waals surface area contributed by atoms with Crippen molar-refractivity contribution in [2.45, 2.75) is 84.6 Å². The van der Waals surface area contributed by atoms with Crippen molar-refractivity contribution in [3.63, 3.8) is 0 Å². The zero-order chi connectivity index (χ0) is 29.6. The molecule has 9 heteroatoms. The van der Waals surface area contributed by atoms with E-state index >= 15 is 0 Å². The Labute approximate surface area is 233 Å². The van der Waals surface area contributed by atoms with Crippen LogP contribution in [0.25, 0.3) is 0 Å². The molecule has 0 heterocycles. The predicted octanol–water partition coefficient (Wildman–Crippen LogP) is 5.28. The van der Waals surface area contributed by atoms with Crippen molar-refractivity contribution in [1.82, 2.24) is 4.90 Å². The molecule has 0 saturated heterocycles. The Bertz CT molecular complexity index is 1050. The van der Waals surface area contributed by atoms with Gasteiger partial charge < -0.3 is 18.6 Å². The van der Waals surface area contributed by atoms with Crippen molar-refractivity contribution in [1.29, 1.82) is 0 Å². The molecule has 0 aliphatic rings. The van der Waals surface area contributed by atoms with Gasteiger partial charge in [-0.25, -0.2) is 14.4 Å².